The molecule has 0 N–H and O–H groups in total. The normalized spacial score (nSPS) is 13.4. The van der Waals surface area contributed by atoms with Crippen molar-refractivity contribution in [2.45, 2.75) is 34.6 Å². The lowest BCUT2D eigenvalue weighted by Crippen LogP contribution is -2.45. The molecule has 0 radical (unpaired) electrons. The van der Waals surface area contributed by atoms with E-state index in [9.17, 15) is 0 Å². The minimum atomic E-state index is 1.02. The molecule has 0 aromatic rings. The van der Waals surface area contributed by atoms with Gasteiger partial charge in [0.15, 0.2) is 0 Å². The Balaban J connectivity index is -0.000000311. The van der Waals surface area contributed by atoms with Crippen molar-refractivity contribution >= 4 is 0 Å². The summed E-state index contributed by atoms with van der Waals surface area (Å²) in [6.07, 6.45) is 12.9. The smallest absolute Gasteiger partial charge is 0.0110 e. The van der Waals surface area contributed by atoms with Crippen molar-refractivity contribution in [1.82, 2.24) is 9.80 Å². The summed E-state index contributed by atoms with van der Waals surface area (Å²) >= 11 is 0. The van der Waals surface area contributed by atoms with E-state index in [0.29, 0.717) is 0 Å². The van der Waals surface area contributed by atoms with Crippen molar-refractivity contribution in [3.8, 4) is 0 Å². The molecule has 0 aromatic carbocycles. The van der Waals surface area contributed by atoms with Crippen molar-refractivity contribution in [2.24, 2.45) is 0 Å². The SMILES string of the molecule is C=CC.C=CC(=C)C.C=CC(C=C)=C/C=C\C.CCN1CCN(CC)CC1. The molecule has 0 amide bonds. The van der Waals surface area contributed by atoms with Crippen molar-refractivity contribution < 1.29 is 0 Å². The van der Waals surface area contributed by atoms with Crippen molar-refractivity contribution in [1.29, 1.82) is 0 Å². The molecular weight excluding hydrogens is 328 g/mol. The summed E-state index contributed by atoms with van der Waals surface area (Å²) in [5, 5.41) is 0. The number of piperazine rings is 1. The fourth-order valence-corrected chi connectivity index (χ4v) is 1.85. The second-order valence-electron chi connectivity index (χ2n) is 5.93. The molecule has 0 saturated carbocycles. The molecule has 0 bridgehead atoms. The lowest BCUT2D eigenvalue weighted by molar-refractivity contribution is 0.142. The lowest BCUT2D eigenvalue weighted by atomic mass is 10.2. The van der Waals surface area contributed by atoms with Gasteiger partial charge in [0, 0.05) is 26.2 Å². The Morgan fingerprint density at radius 1 is 0.815 bits per heavy atom. The zero-order valence-corrected chi connectivity index (χ0v) is 18.7. The first-order valence-corrected chi connectivity index (χ1v) is 9.77. The Labute approximate surface area is 170 Å². The van der Waals surface area contributed by atoms with Crippen LogP contribution in [0, 0.1) is 0 Å². The summed E-state index contributed by atoms with van der Waals surface area (Å²) in [5.41, 5.74) is 2.07. The molecule has 0 spiro atoms. The van der Waals surface area contributed by atoms with Gasteiger partial charge in [0.1, 0.15) is 0 Å². The standard InChI is InChI=1S/C9H12.C8H18N2.C5H8.C3H6/c1-4-7-8-9(5-2)6-3;1-3-9-5-7-10(4-2)8-6-9;1-4-5(2)3;1-3-2/h4-8H,2-3H2,1H3;3-8H2,1-2H3;4H,1-2H2,3H3;3H,1H2,2H3/b7-4-;;;. The molecule has 1 fully saturated rings. The quantitative estimate of drug-likeness (QED) is 0.391. The number of hydrogen-bond acceptors (Lipinski definition) is 2. The fraction of sp³-hybridized carbons (Fsp3) is 0.440. The van der Waals surface area contributed by atoms with Crippen LogP contribution in [0.3, 0.4) is 0 Å². The second kappa shape index (κ2) is 24.1. The van der Waals surface area contributed by atoms with Gasteiger partial charge in [-0.3, -0.25) is 0 Å². The highest BCUT2D eigenvalue weighted by Gasteiger charge is 2.12. The topological polar surface area (TPSA) is 6.48 Å². The molecule has 1 heterocycles. The van der Waals surface area contributed by atoms with Crippen molar-refractivity contribution in [3.05, 3.63) is 86.6 Å². The first kappa shape index (κ1) is 29.8. The van der Waals surface area contributed by atoms with Gasteiger partial charge in [0.05, 0.1) is 0 Å². The molecule has 2 heteroatoms. The van der Waals surface area contributed by atoms with Crippen LogP contribution in [-0.2, 0) is 0 Å². The molecule has 154 valence electrons. The highest BCUT2D eigenvalue weighted by molar-refractivity contribution is 5.30. The van der Waals surface area contributed by atoms with E-state index in [1.807, 2.05) is 39.0 Å². The van der Waals surface area contributed by atoms with Crippen LogP contribution in [0.1, 0.15) is 34.6 Å². The third kappa shape index (κ3) is 24.1. The summed E-state index contributed by atoms with van der Waals surface area (Å²) in [4.78, 5) is 5.01. The summed E-state index contributed by atoms with van der Waals surface area (Å²) in [6, 6.07) is 0. The van der Waals surface area contributed by atoms with Crippen LogP contribution in [-0.4, -0.2) is 49.1 Å². The van der Waals surface area contributed by atoms with Gasteiger partial charge in [-0.2, -0.15) is 0 Å². The predicted molar refractivity (Wildman–Crippen MR) is 128 cm³/mol. The summed E-state index contributed by atoms with van der Waals surface area (Å²) < 4.78 is 0. The minimum absolute atomic E-state index is 1.02. The van der Waals surface area contributed by atoms with Gasteiger partial charge in [-0.1, -0.05) is 88.3 Å². The highest BCUT2D eigenvalue weighted by atomic mass is 15.2. The van der Waals surface area contributed by atoms with Crippen molar-refractivity contribution in [2.75, 3.05) is 39.3 Å². The van der Waals surface area contributed by atoms with Crippen LogP contribution in [0.5, 0.6) is 0 Å². The summed E-state index contributed by atoms with van der Waals surface area (Å²) in [5.74, 6) is 0. The maximum absolute atomic E-state index is 3.61. The first-order chi connectivity index (χ1) is 12.9. The molecule has 1 aliphatic heterocycles. The Hall–Kier alpha value is -1.90. The average molecular weight is 373 g/mol. The van der Waals surface area contributed by atoms with E-state index < -0.39 is 0 Å². The Bertz CT molecular complexity index is 425. The second-order valence-corrected chi connectivity index (χ2v) is 5.93. The Kier molecular flexibility index (Phi) is 26.6. The molecule has 1 rings (SSSR count). The molecule has 1 aliphatic rings. The van der Waals surface area contributed by atoms with Crippen molar-refractivity contribution in [3.63, 3.8) is 0 Å². The van der Waals surface area contributed by atoms with Crippen LogP contribution < -0.4 is 0 Å². The monoisotopic (exact) mass is 372 g/mol. The zero-order valence-electron chi connectivity index (χ0n) is 18.7. The van der Waals surface area contributed by atoms with E-state index in [1.54, 1.807) is 24.3 Å². The maximum Gasteiger partial charge on any atom is 0.0110 e. The zero-order chi connectivity index (χ0) is 21.5. The molecule has 2 nitrogen and oxygen atoms in total. The Morgan fingerprint density at radius 3 is 1.33 bits per heavy atom. The lowest BCUT2D eigenvalue weighted by Gasteiger charge is -2.33. The molecule has 0 unspecified atom stereocenters. The van der Waals surface area contributed by atoms with E-state index in [1.165, 1.54) is 39.3 Å². The third-order valence-corrected chi connectivity index (χ3v) is 3.66. The van der Waals surface area contributed by atoms with Gasteiger partial charge in [-0.05, 0) is 39.4 Å². The molecule has 27 heavy (non-hydrogen) atoms. The van der Waals surface area contributed by atoms with E-state index in [-0.39, 0.29) is 0 Å². The maximum atomic E-state index is 3.61. The number of nitrogens with zero attached hydrogens (tertiary/aromatic N) is 2. The molecule has 0 aliphatic carbocycles. The van der Waals surface area contributed by atoms with Crippen LogP contribution >= 0.6 is 0 Å². The Morgan fingerprint density at radius 2 is 1.15 bits per heavy atom. The van der Waals surface area contributed by atoms with Gasteiger partial charge in [-0.15, -0.1) is 6.58 Å². The fourth-order valence-electron chi connectivity index (χ4n) is 1.85. The van der Waals surface area contributed by atoms with Crippen LogP contribution in [0.15, 0.2) is 86.6 Å². The average Bonchev–Trinajstić information content (AvgIpc) is 2.70. The summed E-state index contributed by atoms with van der Waals surface area (Å²) in [6.45, 7) is 35.4. The van der Waals surface area contributed by atoms with E-state index in [2.05, 4.69) is 56.5 Å². The van der Waals surface area contributed by atoms with E-state index in [0.717, 1.165) is 11.1 Å². The van der Waals surface area contributed by atoms with Crippen LogP contribution in [0.4, 0.5) is 0 Å². The van der Waals surface area contributed by atoms with Gasteiger partial charge in [0.2, 0.25) is 0 Å². The van der Waals surface area contributed by atoms with Crippen LogP contribution in [0.25, 0.3) is 0 Å². The predicted octanol–water partition coefficient (Wildman–Crippen LogP) is 6.45. The van der Waals surface area contributed by atoms with Gasteiger partial charge in [-0.25, -0.2) is 0 Å². The van der Waals surface area contributed by atoms with Gasteiger partial charge in [0.25, 0.3) is 0 Å². The molecule has 1 saturated heterocycles. The molecular formula is C25H44N2. The number of rotatable bonds is 6. The number of allylic oxidation sites excluding steroid dienone is 9. The highest BCUT2D eigenvalue weighted by Crippen LogP contribution is 1.99. The van der Waals surface area contributed by atoms with E-state index >= 15 is 0 Å². The summed E-state index contributed by atoms with van der Waals surface area (Å²) in [7, 11) is 0. The molecule has 0 aromatic heterocycles. The number of hydrogen-bond donors (Lipinski definition) is 0. The van der Waals surface area contributed by atoms with Gasteiger partial charge >= 0.3 is 0 Å². The third-order valence-electron chi connectivity index (χ3n) is 3.66. The van der Waals surface area contributed by atoms with Crippen LogP contribution in [0.2, 0.25) is 0 Å². The van der Waals surface area contributed by atoms with E-state index in [4.69, 9.17) is 0 Å². The molecule has 0 atom stereocenters. The minimum Gasteiger partial charge on any atom is -0.301 e. The number of likely N-dealkylation sites (N-methyl/N-ethyl adjacent to an activating group) is 2. The first-order valence-electron chi connectivity index (χ1n) is 9.77. The van der Waals surface area contributed by atoms with Gasteiger partial charge < -0.3 is 9.80 Å². The largest absolute Gasteiger partial charge is 0.301 e.